The SMILES string of the molecule is C[C@H](N[C@@H](C)C(=O)N1[C@H](C(=O)O)C[C@@H]2CCCC[C@@H]21)C(=O)O. The Hall–Kier alpha value is -1.63. The molecule has 0 spiro atoms. The van der Waals surface area contributed by atoms with Crippen molar-refractivity contribution in [2.45, 2.75) is 70.1 Å². The number of rotatable bonds is 5. The van der Waals surface area contributed by atoms with Gasteiger partial charge in [-0.2, -0.15) is 0 Å². The van der Waals surface area contributed by atoms with Crippen LogP contribution in [0.1, 0.15) is 46.0 Å². The number of carboxylic acid groups (broad SMARTS) is 2. The Kier molecular flexibility index (Phi) is 5.05. The lowest BCUT2D eigenvalue weighted by Crippen LogP contribution is -2.55. The summed E-state index contributed by atoms with van der Waals surface area (Å²) >= 11 is 0. The zero-order valence-electron chi connectivity index (χ0n) is 13.0. The lowest BCUT2D eigenvalue weighted by atomic mass is 9.84. The van der Waals surface area contributed by atoms with Gasteiger partial charge in [-0.25, -0.2) is 4.79 Å². The van der Waals surface area contributed by atoms with E-state index in [-0.39, 0.29) is 17.9 Å². The topological polar surface area (TPSA) is 107 Å². The summed E-state index contributed by atoms with van der Waals surface area (Å²) in [6.07, 6.45) is 4.39. The van der Waals surface area contributed by atoms with Crippen molar-refractivity contribution >= 4 is 17.8 Å². The Labute approximate surface area is 129 Å². The Morgan fingerprint density at radius 1 is 1.09 bits per heavy atom. The van der Waals surface area contributed by atoms with Crippen molar-refractivity contribution in [2.75, 3.05) is 0 Å². The summed E-state index contributed by atoms with van der Waals surface area (Å²) in [5.41, 5.74) is 0. The number of hydrogen-bond acceptors (Lipinski definition) is 4. The van der Waals surface area contributed by atoms with Crippen molar-refractivity contribution in [3.05, 3.63) is 0 Å². The second kappa shape index (κ2) is 6.64. The van der Waals surface area contributed by atoms with E-state index in [0.29, 0.717) is 6.42 Å². The molecule has 0 aromatic heterocycles. The number of carbonyl (C=O) groups excluding carboxylic acids is 1. The maximum Gasteiger partial charge on any atom is 0.326 e. The van der Waals surface area contributed by atoms with Crippen molar-refractivity contribution in [1.29, 1.82) is 0 Å². The average molecular weight is 312 g/mol. The molecule has 0 aromatic rings. The van der Waals surface area contributed by atoms with E-state index in [1.54, 1.807) is 6.92 Å². The smallest absolute Gasteiger partial charge is 0.326 e. The first-order valence-corrected chi connectivity index (χ1v) is 7.86. The standard InChI is InChI=1S/C15H24N2O5/c1-8(16-9(2)14(19)20)13(18)17-11-6-4-3-5-10(11)7-12(17)15(21)22/h8-12,16H,3-7H2,1-2H3,(H,19,20)(H,21,22)/t8-,9-,10-,11-,12-/m0/s1. The van der Waals surface area contributed by atoms with Crippen LogP contribution in [0.25, 0.3) is 0 Å². The molecule has 0 bridgehead atoms. The van der Waals surface area contributed by atoms with Crippen LogP contribution in [0.15, 0.2) is 0 Å². The molecule has 7 heteroatoms. The molecular formula is C15H24N2O5. The van der Waals surface area contributed by atoms with Crippen molar-refractivity contribution < 1.29 is 24.6 Å². The third kappa shape index (κ3) is 3.24. The molecule has 1 aliphatic heterocycles. The minimum atomic E-state index is -1.04. The van der Waals surface area contributed by atoms with Crippen LogP contribution in [0.4, 0.5) is 0 Å². The number of fused-ring (bicyclic) bond motifs is 1. The number of hydrogen-bond donors (Lipinski definition) is 3. The third-order valence-corrected chi connectivity index (χ3v) is 4.87. The fraction of sp³-hybridized carbons (Fsp3) is 0.800. The predicted molar refractivity (Wildman–Crippen MR) is 78.3 cm³/mol. The molecule has 2 rings (SSSR count). The highest BCUT2D eigenvalue weighted by Crippen LogP contribution is 2.40. The first-order valence-electron chi connectivity index (χ1n) is 7.86. The zero-order valence-corrected chi connectivity index (χ0v) is 13.0. The van der Waals surface area contributed by atoms with Crippen LogP contribution >= 0.6 is 0 Å². The zero-order chi connectivity index (χ0) is 16.4. The second-order valence-electron chi connectivity index (χ2n) is 6.40. The van der Waals surface area contributed by atoms with E-state index in [9.17, 15) is 19.5 Å². The van der Waals surface area contributed by atoms with Crippen molar-refractivity contribution in [1.82, 2.24) is 10.2 Å². The van der Waals surface area contributed by atoms with E-state index in [4.69, 9.17) is 5.11 Å². The maximum atomic E-state index is 12.7. The van der Waals surface area contributed by atoms with Gasteiger partial charge in [-0.3, -0.25) is 14.9 Å². The number of carbonyl (C=O) groups is 3. The normalized spacial score (nSPS) is 30.5. The highest BCUT2D eigenvalue weighted by molar-refractivity contribution is 5.88. The highest BCUT2D eigenvalue weighted by atomic mass is 16.4. The van der Waals surface area contributed by atoms with Gasteiger partial charge < -0.3 is 15.1 Å². The lowest BCUT2D eigenvalue weighted by molar-refractivity contribution is -0.151. The van der Waals surface area contributed by atoms with Crippen LogP contribution in [0.3, 0.4) is 0 Å². The van der Waals surface area contributed by atoms with Crippen LogP contribution in [0, 0.1) is 5.92 Å². The number of carboxylic acids is 2. The summed E-state index contributed by atoms with van der Waals surface area (Å²) in [7, 11) is 0. The molecule has 124 valence electrons. The number of aliphatic carboxylic acids is 2. The molecule has 2 aliphatic rings. The molecular weight excluding hydrogens is 288 g/mol. The van der Waals surface area contributed by atoms with Crippen molar-refractivity contribution in [3.63, 3.8) is 0 Å². The van der Waals surface area contributed by atoms with Gasteiger partial charge >= 0.3 is 11.9 Å². The van der Waals surface area contributed by atoms with Gasteiger partial charge in [0.15, 0.2) is 0 Å². The van der Waals surface area contributed by atoms with Gasteiger partial charge in [-0.15, -0.1) is 0 Å². The molecule has 5 atom stereocenters. The largest absolute Gasteiger partial charge is 0.480 e. The van der Waals surface area contributed by atoms with E-state index < -0.39 is 30.1 Å². The summed E-state index contributed by atoms with van der Waals surface area (Å²) in [6.45, 7) is 3.06. The van der Waals surface area contributed by atoms with Crippen LogP contribution in [-0.4, -0.2) is 57.1 Å². The van der Waals surface area contributed by atoms with Gasteiger partial charge in [0.05, 0.1) is 6.04 Å². The van der Waals surface area contributed by atoms with Crippen molar-refractivity contribution in [3.8, 4) is 0 Å². The summed E-state index contributed by atoms with van der Waals surface area (Å²) in [5.74, 6) is -2.06. The summed E-state index contributed by atoms with van der Waals surface area (Å²) in [4.78, 5) is 36.6. The third-order valence-electron chi connectivity index (χ3n) is 4.87. The molecule has 1 aliphatic carbocycles. The second-order valence-corrected chi connectivity index (χ2v) is 6.40. The van der Waals surface area contributed by atoms with Gasteiger partial charge in [-0.05, 0) is 39.0 Å². The molecule has 1 saturated carbocycles. The monoisotopic (exact) mass is 312 g/mol. The number of amides is 1. The molecule has 0 unspecified atom stereocenters. The molecule has 0 radical (unpaired) electrons. The number of nitrogens with one attached hydrogen (secondary N) is 1. The molecule has 2 fully saturated rings. The molecule has 3 N–H and O–H groups in total. The van der Waals surface area contributed by atoms with Crippen LogP contribution < -0.4 is 5.32 Å². The molecule has 7 nitrogen and oxygen atoms in total. The molecule has 1 heterocycles. The Bertz CT molecular complexity index is 467. The molecule has 22 heavy (non-hydrogen) atoms. The van der Waals surface area contributed by atoms with E-state index in [2.05, 4.69) is 5.32 Å². The summed E-state index contributed by atoms with van der Waals surface area (Å²) < 4.78 is 0. The van der Waals surface area contributed by atoms with Gasteiger partial charge in [-0.1, -0.05) is 12.8 Å². The minimum absolute atomic E-state index is 0.0215. The van der Waals surface area contributed by atoms with E-state index in [1.165, 1.54) is 11.8 Å². The molecule has 1 amide bonds. The first kappa shape index (κ1) is 16.7. The van der Waals surface area contributed by atoms with Gasteiger partial charge in [0.1, 0.15) is 12.1 Å². The van der Waals surface area contributed by atoms with Gasteiger partial charge in [0.25, 0.3) is 0 Å². The number of nitrogens with zero attached hydrogens (tertiary/aromatic N) is 1. The van der Waals surface area contributed by atoms with Gasteiger partial charge in [0, 0.05) is 6.04 Å². The van der Waals surface area contributed by atoms with Crippen LogP contribution in [-0.2, 0) is 14.4 Å². The Balaban J connectivity index is 2.13. The lowest BCUT2D eigenvalue weighted by Gasteiger charge is -2.35. The predicted octanol–water partition coefficient (Wildman–Crippen LogP) is 0.682. The fourth-order valence-electron chi connectivity index (χ4n) is 3.74. The van der Waals surface area contributed by atoms with E-state index in [0.717, 1.165) is 25.7 Å². The summed E-state index contributed by atoms with van der Waals surface area (Å²) in [5, 5.41) is 21.1. The van der Waals surface area contributed by atoms with E-state index >= 15 is 0 Å². The fourth-order valence-corrected chi connectivity index (χ4v) is 3.74. The van der Waals surface area contributed by atoms with Crippen LogP contribution in [0.5, 0.6) is 0 Å². The van der Waals surface area contributed by atoms with Crippen molar-refractivity contribution in [2.24, 2.45) is 5.92 Å². The molecule has 1 saturated heterocycles. The number of likely N-dealkylation sites (tertiary alicyclic amines) is 1. The quantitative estimate of drug-likeness (QED) is 0.689. The Morgan fingerprint density at radius 2 is 1.73 bits per heavy atom. The van der Waals surface area contributed by atoms with E-state index in [1.807, 2.05) is 0 Å². The van der Waals surface area contributed by atoms with Crippen LogP contribution in [0.2, 0.25) is 0 Å². The maximum absolute atomic E-state index is 12.7. The van der Waals surface area contributed by atoms with Gasteiger partial charge in [0.2, 0.25) is 5.91 Å². The highest BCUT2D eigenvalue weighted by Gasteiger charge is 2.48. The molecule has 0 aromatic carbocycles. The average Bonchev–Trinajstić information content (AvgIpc) is 2.85. The summed E-state index contributed by atoms with van der Waals surface area (Å²) in [6, 6.07) is -2.38. The Morgan fingerprint density at radius 3 is 2.32 bits per heavy atom. The first-order chi connectivity index (χ1) is 10.3. The minimum Gasteiger partial charge on any atom is -0.480 e.